The minimum absolute atomic E-state index is 0.290. The van der Waals surface area contributed by atoms with Crippen molar-refractivity contribution in [1.82, 2.24) is 4.98 Å². The van der Waals surface area contributed by atoms with Crippen LogP contribution in [0.25, 0.3) is 0 Å². The number of hydrogen-bond donors (Lipinski definition) is 1. The van der Waals surface area contributed by atoms with E-state index in [1.807, 2.05) is 11.6 Å². The largest absolute Gasteiger partial charge is 0.342 e. The Morgan fingerprint density at radius 3 is 2.86 bits per heavy atom. The molecule has 0 saturated carbocycles. The molecule has 2 aliphatic rings. The molecule has 2 heterocycles. The first-order valence-electron chi connectivity index (χ1n) is 7.80. The van der Waals surface area contributed by atoms with E-state index in [0.29, 0.717) is 12.2 Å². The van der Waals surface area contributed by atoms with Crippen molar-refractivity contribution < 1.29 is 4.79 Å². The van der Waals surface area contributed by atoms with Gasteiger partial charge in [-0.2, -0.15) is 0 Å². The van der Waals surface area contributed by atoms with Crippen LogP contribution < -0.4 is 5.32 Å². The Bertz CT molecular complexity index is 762. The monoisotopic (exact) mass is 310 g/mol. The van der Waals surface area contributed by atoms with Gasteiger partial charge in [0.15, 0.2) is 5.78 Å². The predicted octanol–water partition coefficient (Wildman–Crippen LogP) is 4.27. The van der Waals surface area contributed by atoms with Crippen molar-refractivity contribution >= 4 is 22.9 Å². The molecule has 1 aliphatic carbocycles. The summed E-state index contributed by atoms with van der Waals surface area (Å²) in [7, 11) is 0. The van der Waals surface area contributed by atoms with Crippen molar-refractivity contribution in [2.75, 3.05) is 5.32 Å². The van der Waals surface area contributed by atoms with Crippen LogP contribution >= 0.6 is 11.3 Å². The van der Waals surface area contributed by atoms with Crippen molar-refractivity contribution in [2.24, 2.45) is 0 Å². The quantitative estimate of drug-likeness (QED) is 0.900. The van der Waals surface area contributed by atoms with Crippen LogP contribution in [0.2, 0.25) is 0 Å². The fourth-order valence-corrected chi connectivity index (χ4v) is 4.94. The molecule has 0 spiro atoms. The molecule has 2 aromatic rings. The topological polar surface area (TPSA) is 42.0 Å². The lowest BCUT2D eigenvalue weighted by Crippen LogP contribution is -2.39. The van der Waals surface area contributed by atoms with Gasteiger partial charge in [-0.05, 0) is 24.8 Å². The molecule has 0 amide bonds. The second-order valence-corrected chi connectivity index (χ2v) is 6.77. The van der Waals surface area contributed by atoms with Crippen LogP contribution in [-0.4, -0.2) is 10.8 Å². The first kappa shape index (κ1) is 13.7. The van der Waals surface area contributed by atoms with E-state index in [1.54, 1.807) is 11.3 Å². The van der Waals surface area contributed by atoms with Crippen LogP contribution in [0.4, 0.5) is 5.82 Å². The third kappa shape index (κ3) is 1.73. The molecule has 0 radical (unpaired) electrons. The van der Waals surface area contributed by atoms with Crippen LogP contribution in [-0.2, 0) is 10.2 Å². The molecule has 1 atom stereocenters. The standard InChI is InChI=1S/C18H18N2OS/c1-2-18(12-7-4-3-5-8-12)15-13(9-6-10-14(15)21)20-17-16(18)22-11-19-17/h3-5,7-8,11,20H,2,6,9-10H2,1H3/t18-/m1/s1. The van der Waals surface area contributed by atoms with Crippen LogP contribution in [0, 0.1) is 0 Å². The number of aromatic nitrogens is 1. The van der Waals surface area contributed by atoms with E-state index < -0.39 is 0 Å². The SMILES string of the molecule is CC[C@@]1(c2ccccc2)C2=C(CCCC2=O)Nc2ncsc21. The summed E-state index contributed by atoms with van der Waals surface area (Å²) in [6, 6.07) is 10.4. The van der Waals surface area contributed by atoms with Gasteiger partial charge >= 0.3 is 0 Å². The van der Waals surface area contributed by atoms with Crippen molar-refractivity contribution in [1.29, 1.82) is 0 Å². The third-order valence-corrected chi connectivity index (χ3v) is 5.85. The van der Waals surface area contributed by atoms with Crippen LogP contribution in [0.5, 0.6) is 0 Å². The maximum Gasteiger partial charge on any atom is 0.161 e. The average Bonchev–Trinajstić information content (AvgIpc) is 3.02. The maximum atomic E-state index is 12.8. The molecular formula is C18H18N2OS. The Morgan fingerprint density at radius 1 is 1.27 bits per heavy atom. The van der Waals surface area contributed by atoms with Gasteiger partial charge in [-0.3, -0.25) is 4.79 Å². The second-order valence-electron chi connectivity index (χ2n) is 5.91. The average molecular weight is 310 g/mol. The summed E-state index contributed by atoms with van der Waals surface area (Å²) in [6.45, 7) is 2.17. The first-order chi connectivity index (χ1) is 10.8. The van der Waals surface area contributed by atoms with Crippen molar-refractivity contribution in [3.63, 3.8) is 0 Å². The highest BCUT2D eigenvalue weighted by Crippen LogP contribution is 2.52. The van der Waals surface area contributed by atoms with Crippen LogP contribution in [0.15, 0.2) is 47.1 Å². The molecule has 1 N–H and O–H groups in total. The number of thiazole rings is 1. The Kier molecular flexibility index (Phi) is 3.15. The lowest BCUT2D eigenvalue weighted by atomic mass is 9.65. The van der Waals surface area contributed by atoms with Gasteiger partial charge in [0, 0.05) is 17.7 Å². The number of carbonyl (C=O) groups excluding carboxylic acids is 1. The second kappa shape index (κ2) is 5.06. The molecular weight excluding hydrogens is 292 g/mol. The maximum absolute atomic E-state index is 12.8. The summed E-state index contributed by atoms with van der Waals surface area (Å²) >= 11 is 1.65. The number of rotatable bonds is 2. The lowest BCUT2D eigenvalue weighted by molar-refractivity contribution is -0.116. The van der Waals surface area contributed by atoms with E-state index in [9.17, 15) is 4.79 Å². The van der Waals surface area contributed by atoms with E-state index in [4.69, 9.17) is 0 Å². The number of Topliss-reactive ketones (excluding diaryl/α,β-unsaturated/α-hetero) is 1. The van der Waals surface area contributed by atoms with E-state index in [0.717, 1.165) is 36.4 Å². The van der Waals surface area contributed by atoms with Crippen molar-refractivity contribution in [3.8, 4) is 0 Å². The van der Waals surface area contributed by atoms with Gasteiger partial charge in [-0.15, -0.1) is 11.3 Å². The number of allylic oxidation sites excluding steroid dienone is 2. The zero-order valence-corrected chi connectivity index (χ0v) is 13.4. The third-order valence-electron chi connectivity index (χ3n) is 4.86. The van der Waals surface area contributed by atoms with Gasteiger partial charge in [-0.1, -0.05) is 37.3 Å². The molecule has 3 nitrogen and oxygen atoms in total. The van der Waals surface area contributed by atoms with Crippen LogP contribution in [0.1, 0.15) is 43.0 Å². The van der Waals surface area contributed by atoms with Gasteiger partial charge < -0.3 is 5.32 Å². The number of fused-ring (bicyclic) bond motifs is 1. The fourth-order valence-electron chi connectivity index (χ4n) is 3.90. The molecule has 4 heteroatoms. The van der Waals surface area contributed by atoms with Crippen molar-refractivity contribution in [2.45, 2.75) is 38.0 Å². The highest BCUT2D eigenvalue weighted by molar-refractivity contribution is 7.10. The molecule has 4 rings (SSSR count). The van der Waals surface area contributed by atoms with E-state index in [2.05, 4.69) is 41.5 Å². The summed E-state index contributed by atoms with van der Waals surface area (Å²) in [6.07, 6.45) is 3.40. The number of nitrogens with one attached hydrogen (secondary N) is 1. The molecule has 0 unspecified atom stereocenters. The summed E-state index contributed by atoms with van der Waals surface area (Å²) < 4.78 is 0. The lowest BCUT2D eigenvalue weighted by Gasteiger charge is -2.41. The number of anilines is 1. The van der Waals surface area contributed by atoms with E-state index in [-0.39, 0.29) is 5.41 Å². The summed E-state index contributed by atoms with van der Waals surface area (Å²) in [5.41, 5.74) is 4.81. The molecule has 1 aromatic carbocycles. The van der Waals surface area contributed by atoms with Crippen molar-refractivity contribution in [3.05, 3.63) is 57.6 Å². The minimum atomic E-state index is -0.337. The Morgan fingerprint density at radius 2 is 2.09 bits per heavy atom. The Labute approximate surface area is 134 Å². The molecule has 22 heavy (non-hydrogen) atoms. The van der Waals surface area contributed by atoms with Crippen LogP contribution in [0.3, 0.4) is 0 Å². The summed E-state index contributed by atoms with van der Waals surface area (Å²) in [5, 5.41) is 3.43. The minimum Gasteiger partial charge on any atom is -0.342 e. The van der Waals surface area contributed by atoms with Gasteiger partial charge in [0.25, 0.3) is 0 Å². The normalized spacial score (nSPS) is 23.8. The highest BCUT2D eigenvalue weighted by atomic mass is 32.1. The van der Waals surface area contributed by atoms with Gasteiger partial charge in [0.05, 0.1) is 15.8 Å². The molecule has 112 valence electrons. The van der Waals surface area contributed by atoms with E-state index in [1.165, 1.54) is 10.4 Å². The number of ketones is 1. The van der Waals surface area contributed by atoms with Gasteiger partial charge in [0.1, 0.15) is 5.82 Å². The Hall–Kier alpha value is -1.94. The van der Waals surface area contributed by atoms with Gasteiger partial charge in [0.2, 0.25) is 0 Å². The fraction of sp³-hybridized carbons (Fsp3) is 0.333. The zero-order chi connectivity index (χ0) is 15.2. The van der Waals surface area contributed by atoms with Gasteiger partial charge in [-0.25, -0.2) is 4.98 Å². The number of carbonyl (C=O) groups is 1. The molecule has 0 fully saturated rings. The molecule has 0 saturated heterocycles. The Balaban J connectivity index is 2.05. The predicted molar refractivity (Wildman–Crippen MR) is 89.1 cm³/mol. The van der Waals surface area contributed by atoms with E-state index >= 15 is 0 Å². The number of benzene rings is 1. The summed E-state index contributed by atoms with van der Waals surface area (Å²) in [5.74, 6) is 1.22. The smallest absolute Gasteiger partial charge is 0.161 e. The molecule has 0 bridgehead atoms. The summed E-state index contributed by atoms with van der Waals surface area (Å²) in [4.78, 5) is 18.5. The highest BCUT2D eigenvalue weighted by Gasteiger charge is 2.47. The molecule has 1 aromatic heterocycles. The number of nitrogens with zero attached hydrogens (tertiary/aromatic N) is 1. The first-order valence-corrected chi connectivity index (χ1v) is 8.68. The number of hydrogen-bond acceptors (Lipinski definition) is 4. The molecule has 1 aliphatic heterocycles. The zero-order valence-electron chi connectivity index (χ0n) is 12.6.